The Hall–Kier alpha value is -1.62. The third-order valence-electron chi connectivity index (χ3n) is 2.13. The fourth-order valence-corrected chi connectivity index (χ4v) is 1.25. The summed E-state index contributed by atoms with van der Waals surface area (Å²) in [5.41, 5.74) is 4.55. The van der Waals surface area contributed by atoms with Crippen LogP contribution in [0.4, 0.5) is 5.69 Å². The third kappa shape index (κ3) is 2.92. The highest BCUT2D eigenvalue weighted by Crippen LogP contribution is 2.23. The number of hydrogen-bond acceptors (Lipinski definition) is 3. The van der Waals surface area contributed by atoms with E-state index in [4.69, 9.17) is 5.84 Å². The molecule has 1 saturated carbocycles. The molecule has 0 saturated heterocycles. The van der Waals surface area contributed by atoms with Crippen molar-refractivity contribution in [2.24, 2.45) is 10.8 Å². The van der Waals surface area contributed by atoms with Crippen molar-refractivity contribution in [2.45, 2.75) is 25.8 Å². The molecule has 0 amide bonds. The van der Waals surface area contributed by atoms with E-state index in [1.165, 1.54) is 0 Å². The highest BCUT2D eigenvalue weighted by atomic mass is 15.3. The van der Waals surface area contributed by atoms with E-state index in [9.17, 15) is 0 Å². The number of aryl methyl sites for hydroxylation is 1. The molecule has 15 heavy (non-hydrogen) atoms. The Kier molecular flexibility index (Phi) is 2.82. The van der Waals surface area contributed by atoms with Crippen LogP contribution in [0.5, 0.6) is 0 Å². The maximum absolute atomic E-state index is 5.37. The fourth-order valence-electron chi connectivity index (χ4n) is 1.25. The van der Waals surface area contributed by atoms with Gasteiger partial charge in [-0.3, -0.25) is 10.4 Å². The van der Waals surface area contributed by atoms with Crippen LogP contribution in [0.25, 0.3) is 0 Å². The van der Waals surface area contributed by atoms with Crippen LogP contribution in [-0.2, 0) is 0 Å². The molecule has 4 N–H and O–H groups in total. The van der Waals surface area contributed by atoms with Gasteiger partial charge in [-0.05, 0) is 31.4 Å². The van der Waals surface area contributed by atoms with Gasteiger partial charge in [0.25, 0.3) is 0 Å². The number of aliphatic imine (C=N–C) groups is 1. The van der Waals surface area contributed by atoms with Gasteiger partial charge in [-0.25, -0.2) is 10.8 Å². The minimum absolute atomic E-state index is 0.432. The van der Waals surface area contributed by atoms with Crippen molar-refractivity contribution in [3.63, 3.8) is 0 Å². The van der Waals surface area contributed by atoms with Gasteiger partial charge in [0.05, 0.1) is 17.9 Å². The number of anilines is 1. The van der Waals surface area contributed by atoms with E-state index in [2.05, 4.69) is 20.7 Å². The van der Waals surface area contributed by atoms with E-state index < -0.39 is 0 Å². The number of nitrogens with two attached hydrogens (primary N) is 1. The minimum Gasteiger partial charge on any atom is -0.324 e. The number of pyridine rings is 1. The molecule has 1 aromatic rings. The molecule has 1 aliphatic rings. The number of guanidine groups is 1. The van der Waals surface area contributed by atoms with Crippen LogP contribution in [0.2, 0.25) is 0 Å². The van der Waals surface area contributed by atoms with Gasteiger partial charge in [-0.1, -0.05) is 0 Å². The average Bonchev–Trinajstić information content (AvgIpc) is 3.01. The van der Waals surface area contributed by atoms with E-state index in [1.54, 1.807) is 12.4 Å². The first-order chi connectivity index (χ1) is 7.28. The lowest BCUT2D eigenvalue weighted by Gasteiger charge is -2.08. The van der Waals surface area contributed by atoms with Crippen LogP contribution in [0.1, 0.15) is 18.4 Å². The molecule has 0 unspecified atom stereocenters. The molecule has 2 rings (SSSR count). The SMILES string of the molecule is Cc1cncc(NC(=NC2CC2)NN)c1. The van der Waals surface area contributed by atoms with Crippen molar-refractivity contribution < 1.29 is 0 Å². The summed E-state index contributed by atoms with van der Waals surface area (Å²) in [6.45, 7) is 1.99. The van der Waals surface area contributed by atoms with Crippen molar-refractivity contribution in [1.82, 2.24) is 10.4 Å². The summed E-state index contributed by atoms with van der Waals surface area (Å²) < 4.78 is 0. The van der Waals surface area contributed by atoms with Gasteiger partial charge in [0.1, 0.15) is 0 Å². The largest absolute Gasteiger partial charge is 0.324 e. The Labute approximate surface area is 88.8 Å². The molecule has 5 nitrogen and oxygen atoms in total. The lowest BCUT2D eigenvalue weighted by atomic mass is 10.3. The molecule has 0 bridgehead atoms. The Morgan fingerprint density at radius 1 is 1.53 bits per heavy atom. The number of rotatable bonds is 2. The maximum Gasteiger partial charge on any atom is 0.210 e. The zero-order chi connectivity index (χ0) is 10.7. The molecular formula is C10H15N5. The summed E-state index contributed by atoms with van der Waals surface area (Å²) in [5, 5.41) is 3.09. The van der Waals surface area contributed by atoms with E-state index >= 15 is 0 Å². The van der Waals surface area contributed by atoms with Gasteiger partial charge in [0, 0.05) is 6.20 Å². The van der Waals surface area contributed by atoms with Crippen LogP contribution < -0.4 is 16.6 Å². The van der Waals surface area contributed by atoms with Crippen LogP contribution in [0.3, 0.4) is 0 Å². The number of hydrazine groups is 1. The summed E-state index contributed by atoms with van der Waals surface area (Å²) in [5.74, 6) is 5.97. The first-order valence-electron chi connectivity index (χ1n) is 5.01. The Morgan fingerprint density at radius 2 is 2.33 bits per heavy atom. The van der Waals surface area contributed by atoms with Gasteiger partial charge in [0.15, 0.2) is 0 Å². The van der Waals surface area contributed by atoms with Crippen LogP contribution in [0, 0.1) is 6.92 Å². The van der Waals surface area contributed by atoms with Crippen molar-refractivity contribution in [3.8, 4) is 0 Å². The molecule has 1 aromatic heterocycles. The predicted octanol–water partition coefficient (Wildman–Crippen LogP) is 0.784. The molecule has 1 fully saturated rings. The summed E-state index contributed by atoms with van der Waals surface area (Å²) in [6, 6.07) is 2.42. The lowest BCUT2D eigenvalue weighted by molar-refractivity contribution is 0.965. The highest BCUT2D eigenvalue weighted by Gasteiger charge is 2.20. The number of nitrogens with zero attached hydrogens (tertiary/aromatic N) is 2. The van der Waals surface area contributed by atoms with Crippen LogP contribution >= 0.6 is 0 Å². The monoisotopic (exact) mass is 205 g/mol. The lowest BCUT2D eigenvalue weighted by Crippen LogP contribution is -2.36. The second-order valence-electron chi connectivity index (χ2n) is 3.73. The molecule has 5 heteroatoms. The van der Waals surface area contributed by atoms with Crippen molar-refractivity contribution >= 4 is 11.6 Å². The molecule has 0 atom stereocenters. The molecular weight excluding hydrogens is 190 g/mol. The normalized spacial score (nSPS) is 16.3. The zero-order valence-corrected chi connectivity index (χ0v) is 8.70. The highest BCUT2D eigenvalue weighted by molar-refractivity contribution is 5.93. The molecule has 0 radical (unpaired) electrons. The van der Waals surface area contributed by atoms with E-state index in [0.29, 0.717) is 12.0 Å². The number of nitrogens with one attached hydrogen (secondary N) is 2. The molecule has 1 aliphatic carbocycles. The van der Waals surface area contributed by atoms with Gasteiger partial charge in [-0.15, -0.1) is 0 Å². The summed E-state index contributed by atoms with van der Waals surface area (Å²) in [4.78, 5) is 8.45. The quantitative estimate of drug-likeness (QED) is 0.289. The summed E-state index contributed by atoms with van der Waals surface area (Å²) in [7, 11) is 0. The number of hydrogen-bond donors (Lipinski definition) is 3. The van der Waals surface area contributed by atoms with Crippen LogP contribution in [-0.4, -0.2) is 17.0 Å². The van der Waals surface area contributed by atoms with Crippen molar-refractivity contribution in [1.29, 1.82) is 0 Å². The molecule has 80 valence electrons. The Balaban J connectivity index is 2.05. The van der Waals surface area contributed by atoms with Gasteiger partial charge >= 0.3 is 0 Å². The summed E-state index contributed by atoms with van der Waals surface area (Å²) >= 11 is 0. The van der Waals surface area contributed by atoms with Crippen molar-refractivity contribution in [2.75, 3.05) is 5.32 Å². The Morgan fingerprint density at radius 3 is 2.93 bits per heavy atom. The fraction of sp³-hybridized carbons (Fsp3) is 0.400. The minimum atomic E-state index is 0.432. The Bertz CT molecular complexity index is 370. The zero-order valence-electron chi connectivity index (χ0n) is 8.70. The summed E-state index contributed by atoms with van der Waals surface area (Å²) in [6.07, 6.45) is 5.85. The molecule has 0 aliphatic heterocycles. The third-order valence-corrected chi connectivity index (χ3v) is 2.13. The standard InChI is InChI=1S/C10H15N5/c1-7-4-9(6-12-5-7)14-10(15-11)13-8-2-3-8/h4-6,8H,2-3,11H2,1H3,(H2,13,14,15). The maximum atomic E-state index is 5.37. The average molecular weight is 205 g/mol. The smallest absolute Gasteiger partial charge is 0.210 e. The molecule has 1 heterocycles. The molecule has 0 spiro atoms. The second kappa shape index (κ2) is 4.27. The van der Waals surface area contributed by atoms with Gasteiger partial charge in [-0.2, -0.15) is 0 Å². The topological polar surface area (TPSA) is 75.3 Å². The van der Waals surface area contributed by atoms with Crippen molar-refractivity contribution in [3.05, 3.63) is 24.0 Å². The first kappa shape index (κ1) is 9.92. The van der Waals surface area contributed by atoms with Gasteiger partial charge < -0.3 is 5.32 Å². The number of aromatic nitrogens is 1. The molecule has 0 aromatic carbocycles. The predicted molar refractivity (Wildman–Crippen MR) is 60.4 cm³/mol. The van der Waals surface area contributed by atoms with Crippen LogP contribution in [0.15, 0.2) is 23.5 Å². The van der Waals surface area contributed by atoms with E-state index in [1.807, 2.05) is 13.0 Å². The first-order valence-corrected chi connectivity index (χ1v) is 5.01. The second-order valence-corrected chi connectivity index (χ2v) is 3.73. The van der Waals surface area contributed by atoms with E-state index in [0.717, 1.165) is 24.1 Å². The van der Waals surface area contributed by atoms with Gasteiger partial charge in [0.2, 0.25) is 5.96 Å². The van der Waals surface area contributed by atoms with E-state index in [-0.39, 0.29) is 0 Å².